The van der Waals surface area contributed by atoms with Gasteiger partial charge < -0.3 is 0 Å². The molecule has 2 heterocycles. The Morgan fingerprint density at radius 2 is 1.74 bits per heavy atom. The lowest BCUT2D eigenvalue weighted by molar-refractivity contribution is 0.579. The Balaban J connectivity index is 2.06. The van der Waals surface area contributed by atoms with E-state index >= 15 is 0 Å². The maximum atomic E-state index is 5.03. The molecule has 0 aliphatic heterocycles. The maximum Gasteiger partial charge on any atom is 0.0847 e. The fourth-order valence-corrected chi connectivity index (χ4v) is 4.32. The van der Waals surface area contributed by atoms with E-state index in [1.165, 1.54) is 70.4 Å². The summed E-state index contributed by atoms with van der Waals surface area (Å²) in [4.78, 5) is 6.45. The molecule has 0 radical (unpaired) electrons. The highest BCUT2D eigenvalue weighted by Crippen LogP contribution is 2.36. The molecule has 0 atom stereocenters. The van der Waals surface area contributed by atoms with Crippen molar-refractivity contribution in [2.75, 3.05) is 0 Å². The van der Waals surface area contributed by atoms with Crippen molar-refractivity contribution in [1.29, 1.82) is 0 Å². The minimum atomic E-state index is 0.699. The van der Waals surface area contributed by atoms with Crippen molar-refractivity contribution in [2.45, 2.75) is 65.2 Å². The molecule has 19 heavy (non-hydrogen) atoms. The van der Waals surface area contributed by atoms with E-state index < -0.39 is 0 Å². The highest BCUT2D eigenvalue weighted by atomic mass is 32.1. The lowest BCUT2D eigenvalue weighted by atomic mass is 9.95. The van der Waals surface area contributed by atoms with Gasteiger partial charge in [0.1, 0.15) is 0 Å². The zero-order chi connectivity index (χ0) is 13.4. The number of fused-ring (bicyclic) bond motifs is 1. The Hall–Kier alpha value is -0.890. The standard InChI is InChI=1S/C17H23NS/c1-11-10-15(14-8-6-4-5-7-9-14)18-16-12(2)13(3)19-17(11)16/h10,14H,4-9H2,1-3H3. The van der Waals surface area contributed by atoms with Crippen LogP contribution >= 0.6 is 11.3 Å². The topological polar surface area (TPSA) is 12.9 Å². The third kappa shape index (κ3) is 2.43. The third-order valence-electron chi connectivity index (χ3n) is 4.59. The van der Waals surface area contributed by atoms with Crippen molar-refractivity contribution < 1.29 is 0 Å². The number of hydrogen-bond donors (Lipinski definition) is 0. The first-order chi connectivity index (χ1) is 9.16. The summed E-state index contributed by atoms with van der Waals surface area (Å²) < 4.78 is 1.40. The van der Waals surface area contributed by atoms with E-state index in [1.54, 1.807) is 0 Å². The average Bonchev–Trinajstić information content (AvgIpc) is 2.62. The molecule has 0 spiro atoms. The van der Waals surface area contributed by atoms with Gasteiger partial charge in [0.05, 0.1) is 10.2 Å². The Labute approximate surface area is 120 Å². The molecule has 0 N–H and O–H groups in total. The van der Waals surface area contributed by atoms with Crippen LogP contribution in [0.4, 0.5) is 0 Å². The van der Waals surface area contributed by atoms with E-state index in [4.69, 9.17) is 4.98 Å². The van der Waals surface area contributed by atoms with Crippen LogP contribution in [0.25, 0.3) is 10.2 Å². The van der Waals surface area contributed by atoms with Gasteiger partial charge in [-0.25, -0.2) is 0 Å². The van der Waals surface area contributed by atoms with Gasteiger partial charge in [-0.15, -0.1) is 11.3 Å². The predicted molar refractivity (Wildman–Crippen MR) is 84.3 cm³/mol. The largest absolute Gasteiger partial charge is 0.251 e. The minimum absolute atomic E-state index is 0.699. The number of hydrogen-bond acceptors (Lipinski definition) is 2. The van der Waals surface area contributed by atoms with Gasteiger partial charge in [0.15, 0.2) is 0 Å². The molecule has 0 unspecified atom stereocenters. The molecular formula is C17H23NS. The molecule has 1 nitrogen and oxygen atoms in total. The lowest BCUT2D eigenvalue weighted by Gasteiger charge is -2.14. The molecule has 0 bridgehead atoms. The number of aromatic nitrogens is 1. The molecule has 102 valence electrons. The molecule has 2 aromatic rings. The summed E-state index contributed by atoms with van der Waals surface area (Å²) >= 11 is 1.90. The van der Waals surface area contributed by atoms with Gasteiger partial charge in [0.2, 0.25) is 0 Å². The molecule has 1 fully saturated rings. The number of pyridine rings is 1. The van der Waals surface area contributed by atoms with Crippen molar-refractivity contribution in [2.24, 2.45) is 0 Å². The second-order valence-electron chi connectivity index (χ2n) is 6.01. The van der Waals surface area contributed by atoms with Crippen molar-refractivity contribution >= 4 is 21.6 Å². The van der Waals surface area contributed by atoms with Crippen molar-refractivity contribution in [3.8, 4) is 0 Å². The first-order valence-electron chi connectivity index (χ1n) is 7.54. The molecule has 0 saturated heterocycles. The molecule has 2 aromatic heterocycles. The first kappa shape index (κ1) is 13.1. The van der Waals surface area contributed by atoms with Crippen molar-refractivity contribution in [1.82, 2.24) is 4.98 Å². The number of nitrogens with zero attached hydrogens (tertiary/aromatic N) is 1. The number of aryl methyl sites for hydroxylation is 3. The lowest BCUT2D eigenvalue weighted by Crippen LogP contribution is -2.01. The Bertz CT molecular complexity index is 589. The summed E-state index contributed by atoms with van der Waals surface area (Å²) in [5.41, 5.74) is 5.43. The van der Waals surface area contributed by atoms with E-state index in [-0.39, 0.29) is 0 Å². The Kier molecular flexibility index (Phi) is 3.62. The van der Waals surface area contributed by atoms with Crippen LogP contribution in [0.2, 0.25) is 0 Å². The third-order valence-corrected chi connectivity index (χ3v) is 5.92. The van der Waals surface area contributed by atoms with E-state index in [0.29, 0.717) is 5.92 Å². The molecule has 0 amide bonds. The quantitative estimate of drug-likeness (QED) is 0.611. The van der Waals surface area contributed by atoms with Crippen LogP contribution in [0.15, 0.2) is 6.07 Å². The summed E-state index contributed by atoms with van der Waals surface area (Å²) in [5.74, 6) is 0.699. The van der Waals surface area contributed by atoms with Crippen LogP contribution in [0, 0.1) is 20.8 Å². The zero-order valence-electron chi connectivity index (χ0n) is 12.3. The van der Waals surface area contributed by atoms with Gasteiger partial charge in [-0.3, -0.25) is 4.98 Å². The minimum Gasteiger partial charge on any atom is -0.251 e. The van der Waals surface area contributed by atoms with E-state index in [1.807, 2.05) is 11.3 Å². The van der Waals surface area contributed by atoms with Crippen LogP contribution in [-0.2, 0) is 0 Å². The number of thiophene rings is 1. The van der Waals surface area contributed by atoms with Crippen LogP contribution in [-0.4, -0.2) is 4.98 Å². The second kappa shape index (κ2) is 5.24. The summed E-state index contributed by atoms with van der Waals surface area (Å²) in [6, 6.07) is 2.35. The van der Waals surface area contributed by atoms with Gasteiger partial charge in [0.25, 0.3) is 0 Å². The molecule has 0 aromatic carbocycles. The summed E-state index contributed by atoms with van der Waals surface area (Å²) in [5, 5.41) is 0. The Morgan fingerprint density at radius 1 is 1.05 bits per heavy atom. The molecule has 2 heteroatoms. The molecule has 3 rings (SSSR count). The van der Waals surface area contributed by atoms with Crippen LogP contribution in [0.3, 0.4) is 0 Å². The van der Waals surface area contributed by atoms with E-state index in [9.17, 15) is 0 Å². The van der Waals surface area contributed by atoms with Crippen LogP contribution < -0.4 is 0 Å². The van der Waals surface area contributed by atoms with Gasteiger partial charge in [-0.2, -0.15) is 0 Å². The van der Waals surface area contributed by atoms with Gasteiger partial charge >= 0.3 is 0 Å². The van der Waals surface area contributed by atoms with Gasteiger partial charge in [-0.1, -0.05) is 25.7 Å². The molecule has 1 saturated carbocycles. The van der Waals surface area contributed by atoms with E-state index in [2.05, 4.69) is 26.8 Å². The summed E-state index contributed by atoms with van der Waals surface area (Å²) in [6.45, 7) is 6.68. The first-order valence-corrected chi connectivity index (χ1v) is 8.35. The Morgan fingerprint density at radius 3 is 2.42 bits per heavy atom. The predicted octanol–water partition coefficient (Wildman–Crippen LogP) is 5.66. The SMILES string of the molecule is Cc1sc2c(C)cc(C3CCCCCC3)nc2c1C. The highest BCUT2D eigenvalue weighted by Gasteiger charge is 2.18. The fraction of sp³-hybridized carbons (Fsp3) is 0.588. The zero-order valence-corrected chi connectivity index (χ0v) is 13.1. The second-order valence-corrected chi connectivity index (χ2v) is 7.24. The summed E-state index contributed by atoms with van der Waals surface area (Å²) in [7, 11) is 0. The summed E-state index contributed by atoms with van der Waals surface area (Å²) in [6.07, 6.45) is 8.25. The van der Waals surface area contributed by atoms with Crippen LogP contribution in [0.1, 0.15) is 66.1 Å². The molecule has 1 aliphatic carbocycles. The van der Waals surface area contributed by atoms with Crippen LogP contribution in [0.5, 0.6) is 0 Å². The normalized spacial score (nSPS) is 17.8. The van der Waals surface area contributed by atoms with Crippen molar-refractivity contribution in [3.63, 3.8) is 0 Å². The fourth-order valence-electron chi connectivity index (χ4n) is 3.25. The highest BCUT2D eigenvalue weighted by molar-refractivity contribution is 7.19. The van der Waals surface area contributed by atoms with Gasteiger partial charge in [0, 0.05) is 16.5 Å². The number of rotatable bonds is 1. The average molecular weight is 273 g/mol. The van der Waals surface area contributed by atoms with Gasteiger partial charge in [-0.05, 0) is 50.8 Å². The monoisotopic (exact) mass is 273 g/mol. The molecule has 1 aliphatic rings. The molecular weight excluding hydrogens is 250 g/mol. The van der Waals surface area contributed by atoms with E-state index in [0.717, 1.165) is 0 Å². The smallest absolute Gasteiger partial charge is 0.0847 e. The van der Waals surface area contributed by atoms with Crippen molar-refractivity contribution in [3.05, 3.63) is 27.8 Å². The maximum absolute atomic E-state index is 5.03.